The van der Waals surface area contributed by atoms with E-state index in [1.807, 2.05) is 0 Å². The van der Waals surface area contributed by atoms with Gasteiger partial charge in [0.1, 0.15) is 0 Å². The topological polar surface area (TPSA) is 109 Å². The maximum atomic E-state index is 8.58. The van der Waals surface area contributed by atoms with Crippen LogP contribution in [-0.2, 0) is 59.8 Å². The Labute approximate surface area is 86.5 Å². The summed E-state index contributed by atoms with van der Waals surface area (Å²) >= 11 is -5.62. The van der Waals surface area contributed by atoms with E-state index in [1.54, 1.807) is 0 Å². The van der Waals surface area contributed by atoms with Crippen LogP contribution in [0.25, 0.3) is 0 Å². The second-order valence-corrected chi connectivity index (χ2v) is 1.56. The molecular formula is CoLiMnNiO5+5. The average molecular weight is 260 g/mol. The van der Waals surface area contributed by atoms with Crippen LogP contribution in [0.3, 0.4) is 0 Å². The second-order valence-electron chi connectivity index (χ2n) is 0.378. The molecule has 9 heavy (non-hydrogen) atoms. The van der Waals surface area contributed by atoms with Gasteiger partial charge in [0.25, 0.3) is 0 Å². The van der Waals surface area contributed by atoms with Crippen molar-refractivity contribution in [3.05, 3.63) is 0 Å². The van der Waals surface area contributed by atoms with Gasteiger partial charge in [-0.05, 0) is 0 Å². The van der Waals surface area contributed by atoms with Crippen LogP contribution in [-0.4, -0.2) is 0 Å². The summed E-state index contributed by atoms with van der Waals surface area (Å²) in [6.45, 7) is 0. The zero-order chi connectivity index (χ0) is 4.50. The molecule has 0 bridgehead atoms. The van der Waals surface area contributed by atoms with E-state index in [0.29, 0.717) is 0 Å². The van der Waals surface area contributed by atoms with Gasteiger partial charge in [-0.2, -0.15) is 0 Å². The van der Waals surface area contributed by atoms with Crippen molar-refractivity contribution in [2.24, 2.45) is 0 Å². The Balaban J connectivity index is -0.0000000133. The van der Waals surface area contributed by atoms with Crippen molar-refractivity contribution in [1.29, 1.82) is 0 Å². The molecule has 0 N–H and O–H groups in total. The van der Waals surface area contributed by atoms with E-state index in [9.17, 15) is 0 Å². The molecule has 5 nitrogen and oxygen atoms in total. The average Bonchev–Trinajstić information content (AvgIpc) is 0.722. The predicted octanol–water partition coefficient (Wildman–Crippen LogP) is -5.74. The molecule has 0 aromatic heterocycles. The first-order valence-corrected chi connectivity index (χ1v) is 2.54. The van der Waals surface area contributed by atoms with Gasteiger partial charge in [-0.25, -0.2) is 0 Å². The van der Waals surface area contributed by atoms with Crippen LogP contribution in [0.2, 0.25) is 0 Å². The van der Waals surface area contributed by atoms with E-state index in [0.717, 1.165) is 0 Å². The first-order chi connectivity index (χ1) is 2.00. The van der Waals surface area contributed by atoms with E-state index in [1.165, 1.54) is 0 Å². The molecule has 0 fully saturated rings. The maximum absolute atomic E-state index is 8.58. The third-order valence-electron chi connectivity index (χ3n) is 0. The van der Waals surface area contributed by atoms with E-state index < -0.39 is 13.4 Å². The van der Waals surface area contributed by atoms with Gasteiger partial charge < -0.3 is 0 Å². The van der Waals surface area contributed by atoms with Crippen molar-refractivity contribution >= 4 is 0 Å². The van der Waals surface area contributed by atoms with Crippen LogP contribution in [0.5, 0.6) is 0 Å². The summed E-state index contributed by atoms with van der Waals surface area (Å²) < 4.78 is 34.3. The molecular weight excluding hydrogens is 260 g/mol. The predicted molar refractivity (Wildman–Crippen MR) is 2.06 cm³/mol. The normalized spacial score (nSPS) is 6.44. The molecule has 5 radical (unpaired) electrons. The Morgan fingerprint density at radius 2 is 1.11 bits per heavy atom. The zero-order valence-electron chi connectivity index (χ0n) is 4.07. The third kappa shape index (κ3) is 217. The molecule has 0 aromatic rings. The number of hydrogen-bond acceptors (Lipinski definition) is 4. The van der Waals surface area contributed by atoms with Crippen molar-refractivity contribution < 1.29 is 87.0 Å². The van der Waals surface area contributed by atoms with Crippen LogP contribution >= 0.6 is 0 Å². The Bertz CT molecular complexity index is 100. The first kappa shape index (κ1) is 31.2. The summed E-state index contributed by atoms with van der Waals surface area (Å²) in [5.41, 5.74) is 0. The fourth-order valence-corrected chi connectivity index (χ4v) is 0. The van der Waals surface area contributed by atoms with Gasteiger partial charge in [-0.15, -0.1) is 0 Å². The van der Waals surface area contributed by atoms with Crippen LogP contribution in [0, 0.1) is 0 Å². The van der Waals surface area contributed by atoms with Crippen LogP contribution < -0.4 is 27.2 Å². The molecule has 0 atom stereocenters. The minimum absolute atomic E-state index is 0. The van der Waals surface area contributed by atoms with Gasteiger partial charge in [0, 0.05) is 0 Å². The summed E-state index contributed by atoms with van der Waals surface area (Å²) in [7, 11) is 0. The van der Waals surface area contributed by atoms with Gasteiger partial charge in [0.15, 0.2) is 0 Å². The molecule has 52 valence electrons. The molecule has 0 unspecified atom stereocenters. The van der Waals surface area contributed by atoms with Crippen molar-refractivity contribution in [3.8, 4) is 0 Å². The molecule has 0 aliphatic rings. The Kier molecular flexibility index (Phi) is 42.5. The summed E-state index contributed by atoms with van der Waals surface area (Å²) in [4.78, 5) is 0. The summed E-state index contributed by atoms with van der Waals surface area (Å²) in [5, 5.41) is 0. The second kappa shape index (κ2) is 12.3. The van der Waals surface area contributed by atoms with Crippen LogP contribution in [0.4, 0.5) is 0 Å². The molecule has 0 heterocycles. The monoisotopic (exact) mass is 259 g/mol. The number of rotatable bonds is 0. The number of hydrogen-bond donors (Lipinski definition) is 0. The van der Waals surface area contributed by atoms with Crippen LogP contribution in [0.1, 0.15) is 0 Å². The summed E-state index contributed by atoms with van der Waals surface area (Å²) in [5.74, 6) is 0. The SMILES string of the molecule is [Co+2].[Li+].[Ni+2].[O+2].[O]=[Mn](=[O])([O-])[O-]. The molecule has 0 aliphatic carbocycles. The van der Waals surface area contributed by atoms with Gasteiger partial charge in [-0.1, -0.05) is 0 Å². The molecule has 0 aromatic carbocycles. The van der Waals surface area contributed by atoms with Crippen LogP contribution in [0.15, 0.2) is 0 Å². The first-order valence-electron chi connectivity index (χ1n) is 0.617. The van der Waals surface area contributed by atoms with Crippen molar-refractivity contribution in [1.82, 2.24) is 0 Å². The standard InChI is InChI=1S/Co.Li.Mn.Ni.5O/q+2;+1;;+2;;;2*-1;+2. The molecule has 0 aliphatic heterocycles. The Morgan fingerprint density at radius 3 is 1.11 bits per heavy atom. The Hall–Kier alpha value is 1.60. The quantitative estimate of drug-likeness (QED) is 0.404. The van der Waals surface area contributed by atoms with Crippen molar-refractivity contribution in [2.75, 3.05) is 0 Å². The van der Waals surface area contributed by atoms with Gasteiger partial charge in [0.05, 0.1) is 0 Å². The molecule has 9 heteroatoms. The summed E-state index contributed by atoms with van der Waals surface area (Å²) in [6.07, 6.45) is 0. The van der Waals surface area contributed by atoms with E-state index in [2.05, 4.69) is 0 Å². The van der Waals surface area contributed by atoms with Gasteiger partial charge in [-0.3, -0.25) is 0 Å². The minimum atomic E-state index is -5.62. The third-order valence-corrected chi connectivity index (χ3v) is 0. The molecule has 0 rings (SSSR count). The Morgan fingerprint density at radius 1 is 1.11 bits per heavy atom. The van der Waals surface area contributed by atoms with Gasteiger partial charge in [0.2, 0.25) is 0 Å². The molecule has 0 saturated carbocycles. The van der Waals surface area contributed by atoms with Crippen molar-refractivity contribution in [2.45, 2.75) is 0 Å². The van der Waals surface area contributed by atoms with E-state index >= 15 is 0 Å². The van der Waals surface area contributed by atoms with E-state index in [-0.39, 0.29) is 57.6 Å². The molecule has 0 amide bonds. The van der Waals surface area contributed by atoms with E-state index in [4.69, 9.17) is 16.0 Å². The summed E-state index contributed by atoms with van der Waals surface area (Å²) in [6, 6.07) is 0. The molecule has 0 saturated heterocycles. The fraction of sp³-hybridized carbons (Fsp3) is 0. The van der Waals surface area contributed by atoms with Crippen molar-refractivity contribution in [3.63, 3.8) is 0 Å². The molecule has 0 spiro atoms. The zero-order valence-corrected chi connectivity index (χ0v) is 7.28. The van der Waals surface area contributed by atoms with Gasteiger partial charge >= 0.3 is 87.0 Å². The fourth-order valence-electron chi connectivity index (χ4n) is 0.